The molecule has 0 radical (unpaired) electrons. The van der Waals surface area contributed by atoms with Gasteiger partial charge >= 0.3 is 0 Å². The molecule has 0 saturated carbocycles. The number of aromatic amines is 1. The number of H-pyrrole nitrogens is 1. The van der Waals surface area contributed by atoms with Gasteiger partial charge in [0.2, 0.25) is 17.6 Å². The number of fused-ring (bicyclic) bond motifs is 1. The van der Waals surface area contributed by atoms with Gasteiger partial charge in [0.1, 0.15) is 6.54 Å². The lowest BCUT2D eigenvalue weighted by Crippen LogP contribution is -2.51. The third kappa shape index (κ3) is 3.37. The Hall–Kier alpha value is -4.26. The molecular weight excluding hydrogens is 426 g/mol. The van der Waals surface area contributed by atoms with Gasteiger partial charge in [-0.25, -0.2) is 0 Å². The molecule has 0 unspecified atom stereocenters. The summed E-state index contributed by atoms with van der Waals surface area (Å²) in [6, 6.07) is 26.0. The van der Waals surface area contributed by atoms with Gasteiger partial charge in [-0.05, 0) is 42.2 Å². The van der Waals surface area contributed by atoms with Crippen molar-refractivity contribution in [3.63, 3.8) is 0 Å². The summed E-state index contributed by atoms with van der Waals surface area (Å²) in [5, 5.41) is 12.1. The topological polar surface area (TPSA) is 87.9 Å². The molecule has 3 aromatic carbocycles. The minimum absolute atomic E-state index is 0.0655. The first-order valence-corrected chi connectivity index (χ1v) is 11.4. The van der Waals surface area contributed by atoms with Gasteiger partial charge in [0, 0.05) is 17.5 Å². The zero-order valence-corrected chi connectivity index (χ0v) is 18.5. The van der Waals surface area contributed by atoms with Gasteiger partial charge in [-0.15, -0.1) is 0 Å². The minimum Gasteiger partial charge on any atom is -0.337 e. The molecule has 0 aliphatic carbocycles. The van der Waals surface area contributed by atoms with Crippen molar-refractivity contribution in [2.24, 2.45) is 0 Å². The van der Waals surface area contributed by atoms with E-state index < -0.39 is 5.41 Å². The maximum absolute atomic E-state index is 14.1. The van der Waals surface area contributed by atoms with Gasteiger partial charge in [-0.3, -0.25) is 9.89 Å². The van der Waals surface area contributed by atoms with Gasteiger partial charge in [0.05, 0.1) is 17.1 Å². The molecule has 2 aromatic heterocycles. The predicted molar refractivity (Wildman–Crippen MR) is 128 cm³/mol. The quantitative estimate of drug-likeness (QED) is 0.419. The number of carbonyl (C=O) groups is 1. The maximum Gasteiger partial charge on any atom is 0.246 e. The molecule has 7 nitrogen and oxygen atoms in total. The lowest BCUT2D eigenvalue weighted by molar-refractivity contribution is -0.140. The highest BCUT2D eigenvalue weighted by molar-refractivity contribution is 5.93. The summed E-state index contributed by atoms with van der Waals surface area (Å²) in [7, 11) is 0. The second kappa shape index (κ2) is 8.26. The summed E-state index contributed by atoms with van der Waals surface area (Å²) >= 11 is 0. The van der Waals surface area contributed by atoms with E-state index >= 15 is 0 Å². The number of amides is 1. The number of likely N-dealkylation sites (tertiary alicyclic amines) is 1. The molecule has 34 heavy (non-hydrogen) atoms. The Kier molecular flexibility index (Phi) is 4.95. The van der Waals surface area contributed by atoms with Gasteiger partial charge in [0.25, 0.3) is 0 Å². The molecule has 1 N–H and O–H groups in total. The summed E-state index contributed by atoms with van der Waals surface area (Å²) < 4.78 is 5.56. The fraction of sp³-hybridized carbons (Fsp3) is 0.185. The van der Waals surface area contributed by atoms with E-state index in [-0.39, 0.29) is 12.5 Å². The Morgan fingerprint density at radius 2 is 1.71 bits per heavy atom. The van der Waals surface area contributed by atoms with Crippen molar-refractivity contribution in [2.45, 2.75) is 24.8 Å². The number of rotatable bonds is 5. The molecule has 1 saturated heterocycles. The highest BCUT2D eigenvalue weighted by Crippen LogP contribution is 2.41. The van der Waals surface area contributed by atoms with Crippen molar-refractivity contribution in [1.29, 1.82) is 0 Å². The van der Waals surface area contributed by atoms with E-state index in [0.717, 1.165) is 40.4 Å². The molecule has 3 heterocycles. The molecule has 7 heteroatoms. The zero-order chi connectivity index (χ0) is 23.0. The van der Waals surface area contributed by atoms with Crippen LogP contribution in [0.3, 0.4) is 0 Å². The summed E-state index contributed by atoms with van der Waals surface area (Å²) in [4.78, 5) is 20.5. The highest BCUT2D eigenvalue weighted by atomic mass is 16.5. The summed E-state index contributed by atoms with van der Waals surface area (Å²) in [5.41, 5.74) is 3.09. The molecule has 1 amide bonds. The van der Waals surface area contributed by atoms with Crippen LogP contribution in [0.1, 0.15) is 29.9 Å². The number of hydrogen-bond acceptors (Lipinski definition) is 5. The van der Waals surface area contributed by atoms with E-state index in [1.54, 1.807) is 6.20 Å². The number of carbonyl (C=O) groups excluding carboxylic acids is 1. The number of nitrogens with one attached hydrogen (secondary N) is 1. The second-order valence-electron chi connectivity index (χ2n) is 8.65. The molecule has 0 atom stereocenters. The first-order valence-electron chi connectivity index (χ1n) is 11.4. The average molecular weight is 450 g/mol. The standard InChI is InChI=1S/C27H23N5O2/c33-26-27(21-8-3-1-4-9-21,22-10-5-2-6-11-22)14-7-15-32(26)18-24-29-25(31-34-24)19-12-13-23-20(16-19)17-28-30-23/h1-6,8-13,16-17H,7,14-15,18H2,(H,28,30). The van der Waals surface area contributed by atoms with Crippen LogP contribution in [0.4, 0.5) is 0 Å². The Bertz CT molecular complexity index is 1400. The monoisotopic (exact) mass is 449 g/mol. The van der Waals surface area contributed by atoms with Crippen molar-refractivity contribution in [3.8, 4) is 11.4 Å². The third-order valence-corrected chi connectivity index (χ3v) is 6.66. The van der Waals surface area contributed by atoms with Crippen LogP contribution >= 0.6 is 0 Å². The molecule has 6 rings (SSSR count). The Balaban J connectivity index is 1.32. The lowest BCUT2D eigenvalue weighted by Gasteiger charge is -2.42. The van der Waals surface area contributed by atoms with Gasteiger partial charge in [0.15, 0.2) is 0 Å². The minimum atomic E-state index is -0.726. The largest absolute Gasteiger partial charge is 0.337 e. The van der Waals surface area contributed by atoms with E-state index in [1.165, 1.54) is 0 Å². The molecule has 5 aromatic rings. The molecular formula is C27H23N5O2. The molecule has 1 aliphatic rings. The van der Waals surface area contributed by atoms with Crippen LogP contribution in [0.15, 0.2) is 89.6 Å². The van der Waals surface area contributed by atoms with E-state index in [1.807, 2.05) is 83.8 Å². The Morgan fingerprint density at radius 1 is 0.971 bits per heavy atom. The first kappa shape index (κ1) is 20.4. The van der Waals surface area contributed by atoms with Crippen molar-refractivity contribution in [3.05, 3.63) is 102 Å². The van der Waals surface area contributed by atoms with Crippen LogP contribution in [0.5, 0.6) is 0 Å². The normalized spacial score (nSPS) is 15.6. The number of hydrogen-bond donors (Lipinski definition) is 1. The predicted octanol–water partition coefficient (Wildman–Crippen LogP) is 4.72. The fourth-order valence-corrected chi connectivity index (χ4v) is 4.99. The van der Waals surface area contributed by atoms with Crippen molar-refractivity contribution < 1.29 is 9.32 Å². The zero-order valence-electron chi connectivity index (χ0n) is 18.5. The van der Waals surface area contributed by atoms with E-state index in [9.17, 15) is 4.79 Å². The van der Waals surface area contributed by atoms with Crippen LogP contribution in [0, 0.1) is 0 Å². The summed E-state index contributed by atoms with van der Waals surface area (Å²) in [5.74, 6) is 0.989. The van der Waals surface area contributed by atoms with Gasteiger partial charge in [-0.2, -0.15) is 10.1 Å². The number of piperidine rings is 1. The lowest BCUT2D eigenvalue weighted by atomic mass is 9.68. The number of benzene rings is 3. The molecule has 1 fully saturated rings. The SMILES string of the molecule is O=C1N(Cc2nc(-c3ccc4[nH]ncc4c3)no2)CCCC1(c1ccccc1)c1ccccc1. The van der Waals surface area contributed by atoms with Crippen LogP contribution < -0.4 is 0 Å². The number of aromatic nitrogens is 4. The van der Waals surface area contributed by atoms with E-state index in [4.69, 9.17) is 4.52 Å². The van der Waals surface area contributed by atoms with Crippen LogP contribution in [-0.2, 0) is 16.8 Å². The third-order valence-electron chi connectivity index (χ3n) is 6.66. The van der Waals surface area contributed by atoms with Crippen molar-refractivity contribution in [2.75, 3.05) is 6.54 Å². The molecule has 168 valence electrons. The first-order chi connectivity index (χ1) is 16.7. The van der Waals surface area contributed by atoms with E-state index in [2.05, 4.69) is 20.3 Å². The van der Waals surface area contributed by atoms with Crippen LogP contribution in [-0.4, -0.2) is 37.7 Å². The average Bonchev–Trinajstić information content (AvgIpc) is 3.56. The molecule has 0 spiro atoms. The Labute approximate surface area is 196 Å². The van der Waals surface area contributed by atoms with Crippen LogP contribution in [0.25, 0.3) is 22.3 Å². The van der Waals surface area contributed by atoms with Crippen molar-refractivity contribution >= 4 is 16.8 Å². The molecule has 1 aliphatic heterocycles. The van der Waals surface area contributed by atoms with E-state index in [0.29, 0.717) is 18.3 Å². The Morgan fingerprint density at radius 3 is 2.44 bits per heavy atom. The van der Waals surface area contributed by atoms with Gasteiger partial charge < -0.3 is 9.42 Å². The van der Waals surface area contributed by atoms with Crippen molar-refractivity contribution in [1.82, 2.24) is 25.2 Å². The second-order valence-corrected chi connectivity index (χ2v) is 8.65. The number of nitrogens with zero attached hydrogens (tertiary/aromatic N) is 4. The fourth-order valence-electron chi connectivity index (χ4n) is 4.99. The summed E-state index contributed by atoms with van der Waals surface area (Å²) in [6.45, 7) is 0.931. The van der Waals surface area contributed by atoms with Crippen LogP contribution in [0.2, 0.25) is 0 Å². The summed E-state index contributed by atoms with van der Waals surface area (Å²) in [6.07, 6.45) is 3.41. The highest BCUT2D eigenvalue weighted by Gasteiger charge is 2.46. The van der Waals surface area contributed by atoms with Gasteiger partial charge in [-0.1, -0.05) is 65.8 Å². The smallest absolute Gasteiger partial charge is 0.246 e. The molecule has 0 bridgehead atoms. The maximum atomic E-state index is 14.1.